The number of benzene rings is 1. The minimum Gasteiger partial charge on any atom is -0.339 e. The molecule has 0 fully saturated rings. The van der Waals surface area contributed by atoms with Crippen molar-refractivity contribution in [1.82, 2.24) is 4.90 Å². The van der Waals surface area contributed by atoms with E-state index in [2.05, 4.69) is 13.8 Å². The lowest BCUT2D eigenvalue weighted by atomic mass is 10.1. The molecule has 0 saturated heterocycles. The number of rotatable bonds is 10. The second-order valence-corrected chi connectivity index (χ2v) is 5.96. The van der Waals surface area contributed by atoms with Crippen molar-refractivity contribution in [1.29, 1.82) is 0 Å². The molecule has 1 amide bonds. The molecule has 1 aromatic carbocycles. The molecule has 1 rings (SSSR count). The third-order valence-electron chi connectivity index (χ3n) is 4.00. The topological polar surface area (TPSA) is 63.5 Å². The van der Waals surface area contributed by atoms with Crippen molar-refractivity contribution in [3.05, 3.63) is 39.4 Å². The summed E-state index contributed by atoms with van der Waals surface area (Å²) in [5.41, 5.74) is 1.00. The van der Waals surface area contributed by atoms with Crippen LogP contribution in [0.4, 0.5) is 5.69 Å². The predicted molar refractivity (Wildman–Crippen MR) is 92.8 cm³/mol. The smallest absolute Gasteiger partial charge is 0.273 e. The summed E-state index contributed by atoms with van der Waals surface area (Å²) in [4.78, 5) is 25.2. The number of amides is 1. The van der Waals surface area contributed by atoms with E-state index >= 15 is 0 Å². The maximum atomic E-state index is 12.7. The van der Waals surface area contributed by atoms with Crippen molar-refractivity contribution in [3.8, 4) is 0 Å². The maximum Gasteiger partial charge on any atom is 0.273 e. The summed E-state index contributed by atoms with van der Waals surface area (Å²) in [6, 6.07) is 4.75. The highest BCUT2D eigenvalue weighted by Crippen LogP contribution is 2.20. The van der Waals surface area contributed by atoms with Gasteiger partial charge in [0.1, 0.15) is 0 Å². The Balaban J connectivity index is 2.89. The van der Waals surface area contributed by atoms with Crippen LogP contribution >= 0.6 is 0 Å². The van der Waals surface area contributed by atoms with Crippen LogP contribution in [0.5, 0.6) is 0 Å². The Kier molecular flexibility index (Phi) is 8.30. The Morgan fingerprint density at radius 2 is 1.65 bits per heavy atom. The number of carbonyl (C=O) groups is 1. The second kappa shape index (κ2) is 9.98. The van der Waals surface area contributed by atoms with Crippen LogP contribution in [-0.4, -0.2) is 28.8 Å². The van der Waals surface area contributed by atoms with E-state index in [4.69, 9.17) is 0 Å². The van der Waals surface area contributed by atoms with Gasteiger partial charge in [0.05, 0.1) is 4.92 Å². The summed E-state index contributed by atoms with van der Waals surface area (Å²) in [6.45, 7) is 7.39. The molecule has 128 valence electrons. The highest BCUT2D eigenvalue weighted by molar-refractivity contribution is 5.95. The molecule has 5 heteroatoms. The zero-order valence-corrected chi connectivity index (χ0v) is 14.5. The third kappa shape index (κ3) is 6.00. The first-order chi connectivity index (χ1) is 11.0. The molecular formula is C18H28N2O3. The lowest BCUT2D eigenvalue weighted by Crippen LogP contribution is -2.33. The van der Waals surface area contributed by atoms with E-state index in [1.807, 2.05) is 4.90 Å². The fraction of sp³-hybridized carbons (Fsp3) is 0.611. The minimum absolute atomic E-state index is 0.0120. The van der Waals surface area contributed by atoms with Crippen LogP contribution in [-0.2, 0) is 0 Å². The number of nitro benzene ring substituents is 1. The van der Waals surface area contributed by atoms with Crippen LogP contribution < -0.4 is 0 Å². The predicted octanol–water partition coefficient (Wildman–Crippen LogP) is 4.73. The van der Waals surface area contributed by atoms with E-state index in [0.29, 0.717) is 11.1 Å². The Bertz CT molecular complexity index is 519. The van der Waals surface area contributed by atoms with Gasteiger partial charge in [0.2, 0.25) is 0 Å². The maximum absolute atomic E-state index is 12.7. The molecule has 0 aliphatic carbocycles. The van der Waals surface area contributed by atoms with Gasteiger partial charge < -0.3 is 4.90 Å². The summed E-state index contributed by atoms with van der Waals surface area (Å²) in [6.07, 6.45) is 6.34. The molecule has 0 heterocycles. The molecule has 0 aromatic heterocycles. The van der Waals surface area contributed by atoms with E-state index in [1.54, 1.807) is 19.1 Å². The van der Waals surface area contributed by atoms with Gasteiger partial charge in [0, 0.05) is 30.3 Å². The third-order valence-corrected chi connectivity index (χ3v) is 4.00. The van der Waals surface area contributed by atoms with Crippen LogP contribution in [0.15, 0.2) is 18.2 Å². The molecule has 0 unspecified atom stereocenters. The first-order valence-corrected chi connectivity index (χ1v) is 8.55. The standard InChI is InChI=1S/C18H28N2O3/c1-4-6-8-12-19(13-9-7-5-2)18(21)16-11-10-15(3)17(14-16)20(22)23/h10-11,14H,4-9,12-13H2,1-3H3. The Hall–Kier alpha value is -1.91. The van der Waals surface area contributed by atoms with Crippen LogP contribution in [0.3, 0.4) is 0 Å². The first-order valence-electron chi connectivity index (χ1n) is 8.55. The van der Waals surface area contributed by atoms with Crippen LogP contribution in [0.2, 0.25) is 0 Å². The zero-order chi connectivity index (χ0) is 17.2. The number of nitro groups is 1. The monoisotopic (exact) mass is 320 g/mol. The summed E-state index contributed by atoms with van der Waals surface area (Å²) in [5.74, 6) is -0.0969. The molecule has 0 N–H and O–H groups in total. The van der Waals surface area contributed by atoms with E-state index in [-0.39, 0.29) is 11.6 Å². The first kappa shape index (κ1) is 19.1. The molecule has 0 saturated carbocycles. The van der Waals surface area contributed by atoms with Crippen LogP contribution in [0, 0.1) is 17.0 Å². The number of hydrogen-bond donors (Lipinski definition) is 0. The lowest BCUT2D eigenvalue weighted by molar-refractivity contribution is -0.385. The van der Waals surface area contributed by atoms with Gasteiger partial charge in [-0.2, -0.15) is 0 Å². The average molecular weight is 320 g/mol. The molecular weight excluding hydrogens is 292 g/mol. The number of unbranched alkanes of at least 4 members (excludes halogenated alkanes) is 4. The molecule has 0 radical (unpaired) electrons. The zero-order valence-electron chi connectivity index (χ0n) is 14.5. The quantitative estimate of drug-likeness (QED) is 0.356. The fourth-order valence-electron chi connectivity index (χ4n) is 2.54. The summed E-state index contributed by atoms with van der Waals surface area (Å²) in [7, 11) is 0. The Morgan fingerprint density at radius 1 is 1.09 bits per heavy atom. The number of hydrogen-bond acceptors (Lipinski definition) is 3. The molecule has 23 heavy (non-hydrogen) atoms. The van der Waals surface area contributed by atoms with Gasteiger partial charge >= 0.3 is 0 Å². The minimum atomic E-state index is -0.426. The van der Waals surface area contributed by atoms with Crippen molar-refractivity contribution >= 4 is 11.6 Å². The molecule has 5 nitrogen and oxygen atoms in total. The fourth-order valence-corrected chi connectivity index (χ4v) is 2.54. The molecule has 1 aromatic rings. The van der Waals surface area contributed by atoms with Gasteiger partial charge in [-0.05, 0) is 25.8 Å². The van der Waals surface area contributed by atoms with Gasteiger partial charge in [0.15, 0.2) is 0 Å². The van der Waals surface area contributed by atoms with Gasteiger partial charge in [-0.1, -0.05) is 45.6 Å². The van der Waals surface area contributed by atoms with Crippen LogP contribution in [0.1, 0.15) is 68.3 Å². The van der Waals surface area contributed by atoms with E-state index in [9.17, 15) is 14.9 Å². The lowest BCUT2D eigenvalue weighted by Gasteiger charge is -2.23. The molecule has 0 aliphatic rings. The molecule has 0 spiro atoms. The Labute approximate surface area is 138 Å². The highest BCUT2D eigenvalue weighted by Gasteiger charge is 2.19. The van der Waals surface area contributed by atoms with Crippen molar-refractivity contribution < 1.29 is 9.72 Å². The largest absolute Gasteiger partial charge is 0.339 e. The van der Waals surface area contributed by atoms with Crippen molar-refractivity contribution in [2.75, 3.05) is 13.1 Å². The summed E-state index contributed by atoms with van der Waals surface area (Å²) < 4.78 is 0. The van der Waals surface area contributed by atoms with Crippen molar-refractivity contribution in [3.63, 3.8) is 0 Å². The molecule has 0 bridgehead atoms. The number of carbonyl (C=O) groups excluding carboxylic acids is 1. The second-order valence-electron chi connectivity index (χ2n) is 5.96. The van der Waals surface area contributed by atoms with Crippen LogP contribution in [0.25, 0.3) is 0 Å². The van der Waals surface area contributed by atoms with E-state index < -0.39 is 4.92 Å². The van der Waals surface area contributed by atoms with E-state index in [1.165, 1.54) is 6.07 Å². The van der Waals surface area contributed by atoms with Gasteiger partial charge in [-0.15, -0.1) is 0 Å². The Morgan fingerprint density at radius 3 is 2.13 bits per heavy atom. The summed E-state index contributed by atoms with van der Waals surface area (Å²) >= 11 is 0. The van der Waals surface area contributed by atoms with Gasteiger partial charge in [-0.25, -0.2) is 0 Å². The average Bonchev–Trinajstić information content (AvgIpc) is 2.53. The number of nitrogens with zero attached hydrogens (tertiary/aromatic N) is 2. The van der Waals surface area contributed by atoms with E-state index in [0.717, 1.165) is 51.6 Å². The normalized spacial score (nSPS) is 10.6. The van der Waals surface area contributed by atoms with Crippen molar-refractivity contribution in [2.24, 2.45) is 0 Å². The molecule has 0 aliphatic heterocycles. The SMILES string of the molecule is CCCCCN(CCCCC)C(=O)c1ccc(C)c([N+](=O)[O-])c1. The van der Waals surface area contributed by atoms with Gasteiger partial charge in [-0.3, -0.25) is 14.9 Å². The van der Waals surface area contributed by atoms with Gasteiger partial charge in [0.25, 0.3) is 11.6 Å². The number of aryl methyl sites for hydroxylation is 1. The van der Waals surface area contributed by atoms with Crippen molar-refractivity contribution in [2.45, 2.75) is 59.3 Å². The summed E-state index contributed by atoms with van der Waals surface area (Å²) in [5, 5.41) is 11.1. The highest BCUT2D eigenvalue weighted by atomic mass is 16.6. The molecule has 0 atom stereocenters.